The fourth-order valence-electron chi connectivity index (χ4n) is 4.87. The van der Waals surface area contributed by atoms with Crippen LogP contribution in [0.5, 0.6) is 0 Å². The lowest BCUT2D eigenvalue weighted by molar-refractivity contribution is 0.211. The number of hydrogen-bond donors (Lipinski definition) is 2. The molecule has 0 amide bonds. The van der Waals surface area contributed by atoms with Crippen LogP contribution in [0.15, 0.2) is 18.3 Å². The number of aromatic amines is 1. The Hall–Kier alpha value is -2.47. The van der Waals surface area contributed by atoms with Gasteiger partial charge in [0.05, 0.1) is 22.3 Å². The first kappa shape index (κ1) is 20.4. The predicted octanol–water partition coefficient (Wildman–Crippen LogP) is 5.05. The molecule has 1 aliphatic heterocycles. The Kier molecular flexibility index (Phi) is 5.65. The van der Waals surface area contributed by atoms with Crippen molar-refractivity contribution in [3.63, 3.8) is 0 Å². The molecule has 2 aromatic heterocycles. The molecule has 0 bridgehead atoms. The highest BCUT2D eigenvalue weighted by Crippen LogP contribution is 2.43. The van der Waals surface area contributed by atoms with Crippen LogP contribution >= 0.6 is 0 Å². The number of imidazole rings is 1. The van der Waals surface area contributed by atoms with E-state index in [4.69, 9.17) is 9.97 Å². The van der Waals surface area contributed by atoms with Crippen molar-refractivity contribution in [2.75, 3.05) is 32.0 Å². The molecule has 6 heteroatoms. The number of aromatic nitrogens is 4. The monoisotopic (exact) mass is 418 g/mol. The van der Waals surface area contributed by atoms with Crippen molar-refractivity contribution >= 4 is 17.0 Å². The van der Waals surface area contributed by atoms with Crippen molar-refractivity contribution in [1.82, 2.24) is 24.8 Å². The fraction of sp³-hybridized carbons (Fsp3) is 0.560. The van der Waals surface area contributed by atoms with Gasteiger partial charge >= 0.3 is 0 Å². The molecule has 1 saturated carbocycles. The first-order chi connectivity index (χ1) is 15.1. The van der Waals surface area contributed by atoms with Crippen LogP contribution in [0.2, 0.25) is 0 Å². The smallest absolute Gasteiger partial charge is 0.222 e. The van der Waals surface area contributed by atoms with Crippen molar-refractivity contribution in [3.05, 3.63) is 35.2 Å². The van der Waals surface area contributed by atoms with Crippen LogP contribution in [0.4, 0.5) is 5.95 Å². The molecule has 3 aromatic rings. The average molecular weight is 419 g/mol. The largest absolute Gasteiger partial charge is 0.354 e. The maximum absolute atomic E-state index is 4.93. The summed E-state index contributed by atoms with van der Waals surface area (Å²) >= 11 is 0. The summed E-state index contributed by atoms with van der Waals surface area (Å²) in [7, 11) is 2.23. The summed E-state index contributed by atoms with van der Waals surface area (Å²) in [5.74, 6) is 3.06. The molecule has 2 fully saturated rings. The Morgan fingerprint density at radius 2 is 1.90 bits per heavy atom. The molecule has 31 heavy (non-hydrogen) atoms. The molecule has 6 nitrogen and oxygen atoms in total. The van der Waals surface area contributed by atoms with Gasteiger partial charge in [-0.2, -0.15) is 0 Å². The Morgan fingerprint density at radius 3 is 2.68 bits per heavy atom. The minimum atomic E-state index is 0.536. The summed E-state index contributed by atoms with van der Waals surface area (Å²) in [6.45, 7) is 7.68. The molecule has 1 aromatic carbocycles. The number of likely N-dealkylation sites (tertiary alicyclic amines) is 1. The van der Waals surface area contributed by atoms with Gasteiger partial charge in [-0.3, -0.25) is 0 Å². The van der Waals surface area contributed by atoms with Gasteiger partial charge in [0.15, 0.2) is 0 Å². The zero-order chi connectivity index (χ0) is 21.4. The third-order valence-electron chi connectivity index (χ3n) is 6.87. The summed E-state index contributed by atoms with van der Waals surface area (Å²) in [5.41, 5.74) is 6.77. The first-order valence-electron chi connectivity index (χ1n) is 11.8. The number of fused-ring (bicyclic) bond motifs is 1. The molecule has 3 heterocycles. The van der Waals surface area contributed by atoms with E-state index in [-0.39, 0.29) is 0 Å². The molecular formula is C25H34N6. The van der Waals surface area contributed by atoms with E-state index in [1.54, 1.807) is 0 Å². The third-order valence-corrected chi connectivity index (χ3v) is 6.87. The van der Waals surface area contributed by atoms with Gasteiger partial charge in [-0.05, 0) is 95.6 Å². The van der Waals surface area contributed by atoms with E-state index in [0.717, 1.165) is 46.5 Å². The molecule has 164 valence electrons. The van der Waals surface area contributed by atoms with Crippen LogP contribution < -0.4 is 5.32 Å². The summed E-state index contributed by atoms with van der Waals surface area (Å²) in [4.78, 5) is 20.4. The second-order valence-corrected chi connectivity index (χ2v) is 9.65. The predicted molar refractivity (Wildman–Crippen MR) is 127 cm³/mol. The minimum Gasteiger partial charge on any atom is -0.354 e. The molecule has 0 spiro atoms. The Morgan fingerprint density at radius 1 is 1.10 bits per heavy atom. The van der Waals surface area contributed by atoms with Gasteiger partial charge in [0.1, 0.15) is 5.82 Å². The number of nitrogens with one attached hydrogen (secondary N) is 2. The quantitative estimate of drug-likeness (QED) is 0.526. The summed E-state index contributed by atoms with van der Waals surface area (Å²) in [6, 6.07) is 4.35. The van der Waals surface area contributed by atoms with Crippen LogP contribution in [0.3, 0.4) is 0 Å². The van der Waals surface area contributed by atoms with Gasteiger partial charge in [0, 0.05) is 18.7 Å². The average Bonchev–Trinajstić information content (AvgIpc) is 3.51. The lowest BCUT2D eigenvalue weighted by Crippen LogP contribution is -2.30. The van der Waals surface area contributed by atoms with Gasteiger partial charge in [0.25, 0.3) is 0 Å². The minimum absolute atomic E-state index is 0.536. The number of rotatable bonds is 7. The van der Waals surface area contributed by atoms with Gasteiger partial charge in [-0.1, -0.05) is 6.07 Å². The normalized spacial score (nSPS) is 18.0. The van der Waals surface area contributed by atoms with Crippen LogP contribution in [-0.4, -0.2) is 51.5 Å². The Labute approximate surface area is 184 Å². The number of nitrogens with zero attached hydrogens (tertiary/aromatic N) is 4. The van der Waals surface area contributed by atoms with Crippen molar-refractivity contribution in [2.24, 2.45) is 5.92 Å². The van der Waals surface area contributed by atoms with Crippen LogP contribution in [0.25, 0.3) is 22.4 Å². The highest BCUT2D eigenvalue weighted by atomic mass is 15.1. The number of piperidine rings is 1. The Balaban J connectivity index is 1.28. The fourth-order valence-corrected chi connectivity index (χ4v) is 4.87. The Bertz CT molecular complexity index is 1060. The zero-order valence-corrected chi connectivity index (χ0v) is 19.0. The number of aryl methyl sites for hydroxylation is 2. The summed E-state index contributed by atoms with van der Waals surface area (Å²) in [6.07, 6.45) is 9.52. The van der Waals surface area contributed by atoms with E-state index < -0.39 is 0 Å². The molecule has 2 aliphatic rings. The van der Waals surface area contributed by atoms with Crippen LogP contribution in [0.1, 0.15) is 61.3 Å². The SMILES string of the molecule is Cc1cc(C)c2nc(-c3cnc(NCCCC4CCN(C)CC4)nc3C3CC3)[nH]c2c1. The third kappa shape index (κ3) is 4.59. The molecule has 1 saturated heterocycles. The molecule has 1 aliphatic carbocycles. The van der Waals surface area contributed by atoms with Crippen molar-refractivity contribution < 1.29 is 0 Å². The molecule has 2 N–H and O–H groups in total. The van der Waals surface area contributed by atoms with Crippen molar-refractivity contribution in [2.45, 2.75) is 58.3 Å². The van der Waals surface area contributed by atoms with E-state index in [1.165, 1.54) is 62.7 Å². The van der Waals surface area contributed by atoms with Gasteiger partial charge in [-0.15, -0.1) is 0 Å². The topological polar surface area (TPSA) is 69.7 Å². The van der Waals surface area contributed by atoms with Crippen LogP contribution in [-0.2, 0) is 0 Å². The molecular weight excluding hydrogens is 384 g/mol. The number of anilines is 1. The highest BCUT2D eigenvalue weighted by molar-refractivity contribution is 5.83. The standard InChI is InChI=1S/C25H34N6/c1-16-13-17(2)22-21(14-16)28-24(29-22)20-15-27-25(30-23(20)19-6-7-19)26-10-4-5-18-8-11-31(3)12-9-18/h13-15,18-19H,4-12H2,1-3H3,(H,28,29)(H,26,27,30). The van der Waals surface area contributed by atoms with E-state index in [1.807, 2.05) is 6.20 Å². The van der Waals surface area contributed by atoms with Crippen molar-refractivity contribution in [3.8, 4) is 11.4 Å². The van der Waals surface area contributed by atoms with E-state index >= 15 is 0 Å². The lowest BCUT2D eigenvalue weighted by Gasteiger charge is -2.28. The maximum atomic E-state index is 4.93. The van der Waals surface area contributed by atoms with Crippen molar-refractivity contribution in [1.29, 1.82) is 0 Å². The van der Waals surface area contributed by atoms with Crippen LogP contribution in [0, 0.1) is 19.8 Å². The number of hydrogen-bond acceptors (Lipinski definition) is 5. The summed E-state index contributed by atoms with van der Waals surface area (Å²) < 4.78 is 0. The van der Waals surface area contributed by atoms with Gasteiger partial charge in [-0.25, -0.2) is 15.0 Å². The van der Waals surface area contributed by atoms with E-state index in [2.05, 4.69) is 53.2 Å². The maximum Gasteiger partial charge on any atom is 0.222 e. The van der Waals surface area contributed by atoms with Gasteiger partial charge in [0.2, 0.25) is 5.95 Å². The second-order valence-electron chi connectivity index (χ2n) is 9.65. The number of H-pyrrole nitrogens is 1. The molecule has 5 rings (SSSR count). The molecule has 0 radical (unpaired) electrons. The van der Waals surface area contributed by atoms with Gasteiger partial charge < -0.3 is 15.2 Å². The van der Waals surface area contributed by atoms with E-state index in [0.29, 0.717) is 5.92 Å². The highest BCUT2D eigenvalue weighted by Gasteiger charge is 2.30. The zero-order valence-electron chi connectivity index (χ0n) is 19.0. The lowest BCUT2D eigenvalue weighted by atomic mass is 9.92. The second kappa shape index (κ2) is 8.58. The summed E-state index contributed by atoms with van der Waals surface area (Å²) in [5, 5.41) is 3.47. The van der Waals surface area contributed by atoms with E-state index in [9.17, 15) is 0 Å². The number of benzene rings is 1. The first-order valence-corrected chi connectivity index (χ1v) is 11.8. The molecule has 0 unspecified atom stereocenters. The molecule has 0 atom stereocenters.